The first-order valence-electron chi connectivity index (χ1n) is 8.70. The Hall–Kier alpha value is -0.750. The predicted molar refractivity (Wildman–Crippen MR) is 92.8 cm³/mol. The van der Waals surface area contributed by atoms with E-state index in [1.807, 2.05) is 0 Å². The van der Waals surface area contributed by atoms with Gasteiger partial charge in [0, 0.05) is 11.6 Å². The van der Waals surface area contributed by atoms with Crippen LogP contribution in [-0.2, 0) is 11.6 Å². The zero-order valence-corrected chi connectivity index (χ0v) is 15.8. The maximum atomic E-state index is 13.1. The first-order valence-corrected chi connectivity index (χ1v) is 9.87. The lowest BCUT2D eigenvalue weighted by Crippen LogP contribution is -2.48. The van der Waals surface area contributed by atoms with Crippen molar-refractivity contribution >= 4 is 33.2 Å². The zero-order chi connectivity index (χ0) is 17.6. The molecule has 134 valence electrons. The monoisotopic (exact) mass is 432 g/mol. The van der Waals surface area contributed by atoms with E-state index in [2.05, 4.69) is 15.9 Å². The highest BCUT2D eigenvalue weighted by molar-refractivity contribution is 9.10. The highest BCUT2D eigenvalue weighted by atomic mass is 79.9. The van der Waals surface area contributed by atoms with Gasteiger partial charge in [-0.25, -0.2) is 4.98 Å². The average molecular weight is 434 g/mol. The van der Waals surface area contributed by atoms with Crippen molar-refractivity contribution in [2.75, 3.05) is 0 Å². The molecule has 2 heterocycles. The first-order chi connectivity index (χ1) is 11.7. The zero-order valence-electron chi connectivity index (χ0n) is 13.4. The SMILES string of the molecule is FC(F)(F)c1cc(Cl)c2nc(C34CC5CC(CC(C5)C3)C4)c(Br)n2c1. The minimum absolute atomic E-state index is 0.00132. The molecule has 2 nitrogen and oxygen atoms in total. The summed E-state index contributed by atoms with van der Waals surface area (Å²) in [6, 6.07) is 0.972. The van der Waals surface area contributed by atoms with Crippen LogP contribution in [-0.4, -0.2) is 9.38 Å². The van der Waals surface area contributed by atoms with Crippen molar-refractivity contribution in [1.82, 2.24) is 9.38 Å². The van der Waals surface area contributed by atoms with Crippen molar-refractivity contribution in [3.8, 4) is 0 Å². The lowest BCUT2D eigenvalue weighted by Gasteiger charge is -2.56. The Kier molecular flexibility index (Phi) is 3.39. The summed E-state index contributed by atoms with van der Waals surface area (Å²) in [6.45, 7) is 0. The summed E-state index contributed by atoms with van der Waals surface area (Å²) in [5, 5.41) is 0.0477. The lowest BCUT2D eigenvalue weighted by atomic mass is 9.49. The van der Waals surface area contributed by atoms with Crippen molar-refractivity contribution < 1.29 is 13.2 Å². The van der Waals surface area contributed by atoms with E-state index in [9.17, 15) is 13.2 Å². The molecule has 4 fully saturated rings. The molecular weight excluding hydrogens is 417 g/mol. The molecule has 0 spiro atoms. The molecule has 0 atom stereocenters. The van der Waals surface area contributed by atoms with Gasteiger partial charge in [-0.15, -0.1) is 0 Å². The second kappa shape index (κ2) is 5.16. The third-order valence-electron chi connectivity index (χ3n) is 6.48. The Morgan fingerprint density at radius 2 is 1.68 bits per heavy atom. The van der Waals surface area contributed by atoms with E-state index in [4.69, 9.17) is 16.6 Å². The molecule has 0 aliphatic heterocycles. The molecule has 4 bridgehead atoms. The third-order valence-corrected chi connectivity index (χ3v) is 7.52. The first kappa shape index (κ1) is 16.4. The summed E-state index contributed by atoms with van der Waals surface area (Å²) in [6.07, 6.45) is 3.90. The minimum Gasteiger partial charge on any atom is -0.292 e. The summed E-state index contributed by atoms with van der Waals surface area (Å²) >= 11 is 9.71. The molecule has 4 aliphatic carbocycles. The van der Waals surface area contributed by atoms with Crippen LogP contribution in [0.4, 0.5) is 13.2 Å². The molecule has 7 heteroatoms. The quantitative estimate of drug-likeness (QED) is 0.520. The van der Waals surface area contributed by atoms with Crippen molar-refractivity contribution in [2.24, 2.45) is 17.8 Å². The van der Waals surface area contributed by atoms with Gasteiger partial charge in [-0.3, -0.25) is 4.40 Å². The fraction of sp³-hybridized carbons (Fsp3) is 0.611. The van der Waals surface area contributed by atoms with E-state index in [0.29, 0.717) is 10.3 Å². The number of hydrogen-bond donors (Lipinski definition) is 0. The van der Waals surface area contributed by atoms with Gasteiger partial charge in [0.05, 0.1) is 16.3 Å². The average Bonchev–Trinajstić information content (AvgIpc) is 2.84. The normalized spacial score (nSPS) is 34.2. The van der Waals surface area contributed by atoms with E-state index < -0.39 is 11.7 Å². The van der Waals surface area contributed by atoms with Crippen LogP contribution in [0.15, 0.2) is 16.9 Å². The Morgan fingerprint density at radius 1 is 1.12 bits per heavy atom. The van der Waals surface area contributed by atoms with E-state index in [1.165, 1.54) is 23.7 Å². The molecule has 25 heavy (non-hydrogen) atoms. The number of aromatic nitrogens is 2. The molecule has 2 aromatic heterocycles. The van der Waals surface area contributed by atoms with Crippen LogP contribution in [0.5, 0.6) is 0 Å². The van der Waals surface area contributed by atoms with Gasteiger partial charge >= 0.3 is 6.18 Å². The Bertz CT molecular complexity index is 838. The van der Waals surface area contributed by atoms with Gasteiger partial charge in [0.15, 0.2) is 5.65 Å². The molecule has 0 radical (unpaired) electrons. The maximum Gasteiger partial charge on any atom is 0.417 e. The number of halogens is 5. The highest BCUT2D eigenvalue weighted by Crippen LogP contribution is 2.61. The largest absolute Gasteiger partial charge is 0.417 e. The van der Waals surface area contributed by atoms with E-state index in [-0.39, 0.29) is 10.4 Å². The van der Waals surface area contributed by atoms with Crippen LogP contribution in [0.1, 0.15) is 49.8 Å². The fourth-order valence-corrected chi connectivity index (χ4v) is 7.00. The van der Waals surface area contributed by atoms with Crippen molar-refractivity contribution in [2.45, 2.75) is 50.1 Å². The van der Waals surface area contributed by atoms with Gasteiger partial charge in [0.2, 0.25) is 0 Å². The Labute approximate surface area is 156 Å². The van der Waals surface area contributed by atoms with Gasteiger partial charge in [-0.2, -0.15) is 13.2 Å². The second-order valence-corrected chi connectivity index (χ2v) is 9.38. The van der Waals surface area contributed by atoms with Crippen LogP contribution in [0.25, 0.3) is 5.65 Å². The number of pyridine rings is 1. The predicted octanol–water partition coefficient (Wildman–Crippen LogP) is 6.24. The lowest BCUT2D eigenvalue weighted by molar-refractivity contribution is -0.137. The molecule has 0 unspecified atom stereocenters. The Morgan fingerprint density at radius 3 is 2.20 bits per heavy atom. The molecule has 2 aromatic rings. The van der Waals surface area contributed by atoms with Crippen LogP contribution >= 0.6 is 27.5 Å². The van der Waals surface area contributed by atoms with Gasteiger partial charge in [-0.05, 0) is 78.3 Å². The van der Waals surface area contributed by atoms with Crippen LogP contribution in [0, 0.1) is 17.8 Å². The molecule has 0 saturated heterocycles. The number of fused-ring (bicyclic) bond motifs is 1. The molecule has 0 N–H and O–H groups in total. The second-order valence-electron chi connectivity index (χ2n) is 8.22. The Balaban J connectivity index is 1.68. The molecule has 4 saturated carbocycles. The summed E-state index contributed by atoms with van der Waals surface area (Å²) in [7, 11) is 0. The van der Waals surface area contributed by atoms with Crippen molar-refractivity contribution in [3.63, 3.8) is 0 Å². The molecule has 4 aliphatic rings. The summed E-state index contributed by atoms with van der Waals surface area (Å²) in [5.41, 5.74) is 0.571. The molecule has 0 aromatic carbocycles. The molecule has 6 rings (SSSR count). The number of imidazole rings is 1. The fourth-order valence-electron chi connectivity index (χ4n) is 5.97. The van der Waals surface area contributed by atoms with Gasteiger partial charge < -0.3 is 0 Å². The third kappa shape index (κ3) is 2.39. The minimum atomic E-state index is -4.43. The maximum absolute atomic E-state index is 13.1. The molecular formula is C18H17BrClF3N2. The summed E-state index contributed by atoms with van der Waals surface area (Å²) in [5.74, 6) is 2.22. The van der Waals surface area contributed by atoms with Gasteiger partial charge in [-0.1, -0.05) is 11.6 Å². The highest BCUT2D eigenvalue weighted by Gasteiger charge is 2.53. The van der Waals surface area contributed by atoms with E-state index in [0.717, 1.165) is 55.0 Å². The van der Waals surface area contributed by atoms with Crippen molar-refractivity contribution in [3.05, 3.63) is 33.1 Å². The summed E-state index contributed by atoms with van der Waals surface area (Å²) < 4.78 is 41.5. The van der Waals surface area contributed by atoms with E-state index in [1.54, 1.807) is 0 Å². The number of hydrogen-bond acceptors (Lipinski definition) is 1. The molecule has 0 amide bonds. The van der Waals surface area contributed by atoms with Crippen LogP contribution in [0.3, 0.4) is 0 Å². The number of alkyl halides is 3. The van der Waals surface area contributed by atoms with E-state index >= 15 is 0 Å². The van der Waals surface area contributed by atoms with Crippen LogP contribution < -0.4 is 0 Å². The topological polar surface area (TPSA) is 17.3 Å². The van der Waals surface area contributed by atoms with Gasteiger partial charge in [0.25, 0.3) is 0 Å². The van der Waals surface area contributed by atoms with Crippen LogP contribution in [0.2, 0.25) is 5.02 Å². The van der Waals surface area contributed by atoms with Crippen molar-refractivity contribution in [1.29, 1.82) is 0 Å². The summed E-state index contributed by atoms with van der Waals surface area (Å²) in [4.78, 5) is 4.74. The van der Waals surface area contributed by atoms with Gasteiger partial charge in [0.1, 0.15) is 4.60 Å². The number of nitrogens with zero attached hydrogens (tertiary/aromatic N) is 2. The standard InChI is InChI=1S/C18H17BrClF3N2/c19-15-14(17-5-9-1-10(6-17)3-11(2-9)7-17)24-16-13(20)4-12(8-25(15)16)18(21,22)23/h4,8-11H,1-3,5-7H2. The number of rotatable bonds is 1. The smallest absolute Gasteiger partial charge is 0.292 e.